The maximum absolute atomic E-state index is 6.24. The number of nitrogens with zero attached hydrogens (tertiary/aromatic N) is 3. The van der Waals surface area contributed by atoms with Crippen molar-refractivity contribution in [2.45, 2.75) is 57.7 Å². The van der Waals surface area contributed by atoms with Crippen LogP contribution in [0.25, 0.3) is 0 Å². The summed E-state index contributed by atoms with van der Waals surface area (Å²) in [5.74, 6) is 1.52. The van der Waals surface area contributed by atoms with Crippen LogP contribution in [-0.4, -0.2) is 32.1 Å². The number of hydrogen-bond donors (Lipinski definition) is 3. The summed E-state index contributed by atoms with van der Waals surface area (Å²) in [6, 6.07) is 3.86. The first kappa shape index (κ1) is 17.4. The summed E-state index contributed by atoms with van der Waals surface area (Å²) >= 11 is 0. The van der Waals surface area contributed by atoms with Crippen molar-refractivity contribution in [2.24, 2.45) is 0 Å². The Morgan fingerprint density at radius 1 is 1.20 bits per heavy atom. The number of pyridine rings is 1. The van der Waals surface area contributed by atoms with E-state index in [1.54, 1.807) is 24.5 Å². The first-order valence-electron chi connectivity index (χ1n) is 8.48. The van der Waals surface area contributed by atoms with Crippen LogP contribution in [0.5, 0.6) is 11.6 Å². The van der Waals surface area contributed by atoms with Crippen LogP contribution in [0.15, 0.2) is 30.9 Å². The third kappa shape index (κ3) is 4.36. The molecule has 134 valence electrons. The molecule has 0 amide bonds. The maximum atomic E-state index is 6.24. The van der Waals surface area contributed by atoms with E-state index in [0.29, 0.717) is 23.1 Å². The number of anilines is 2. The third-order valence-corrected chi connectivity index (χ3v) is 4.23. The highest BCUT2D eigenvalue weighted by Gasteiger charge is 2.38. The van der Waals surface area contributed by atoms with Gasteiger partial charge in [0.15, 0.2) is 5.82 Å². The zero-order chi connectivity index (χ0) is 18.1. The number of piperidine rings is 1. The van der Waals surface area contributed by atoms with Gasteiger partial charge < -0.3 is 21.1 Å². The van der Waals surface area contributed by atoms with Gasteiger partial charge in [0.05, 0.1) is 6.20 Å². The second-order valence-corrected chi connectivity index (χ2v) is 7.87. The monoisotopic (exact) mass is 342 g/mol. The van der Waals surface area contributed by atoms with Crippen molar-refractivity contribution in [3.8, 4) is 11.6 Å². The largest absolute Gasteiger partial charge is 0.435 e. The number of ether oxygens (including phenoxy) is 1. The van der Waals surface area contributed by atoms with E-state index in [1.165, 1.54) is 6.33 Å². The quantitative estimate of drug-likeness (QED) is 0.785. The van der Waals surface area contributed by atoms with Gasteiger partial charge in [-0.1, -0.05) is 0 Å². The van der Waals surface area contributed by atoms with Gasteiger partial charge in [-0.15, -0.1) is 0 Å². The minimum atomic E-state index is 0.0379. The Hall–Kier alpha value is -2.41. The molecule has 25 heavy (non-hydrogen) atoms. The molecule has 0 unspecified atom stereocenters. The Labute approximate surface area is 148 Å². The van der Waals surface area contributed by atoms with E-state index in [-0.39, 0.29) is 17.1 Å². The summed E-state index contributed by atoms with van der Waals surface area (Å²) < 4.78 is 5.73. The average molecular weight is 342 g/mol. The third-order valence-electron chi connectivity index (χ3n) is 4.23. The predicted molar refractivity (Wildman–Crippen MR) is 98.7 cm³/mol. The lowest BCUT2D eigenvalue weighted by Crippen LogP contribution is -2.60. The molecule has 1 saturated heterocycles. The van der Waals surface area contributed by atoms with Crippen molar-refractivity contribution in [3.05, 3.63) is 30.9 Å². The van der Waals surface area contributed by atoms with Gasteiger partial charge in [0.1, 0.15) is 17.8 Å². The zero-order valence-corrected chi connectivity index (χ0v) is 15.2. The van der Waals surface area contributed by atoms with E-state index in [0.717, 1.165) is 12.8 Å². The number of rotatable bonds is 4. The average Bonchev–Trinajstić information content (AvgIpc) is 2.49. The lowest BCUT2D eigenvalue weighted by Gasteiger charge is -2.46. The van der Waals surface area contributed by atoms with Gasteiger partial charge in [-0.2, -0.15) is 4.98 Å². The Morgan fingerprint density at radius 3 is 2.56 bits per heavy atom. The molecule has 3 heterocycles. The second kappa shape index (κ2) is 6.48. The lowest BCUT2D eigenvalue weighted by atomic mass is 9.79. The van der Waals surface area contributed by atoms with Crippen LogP contribution in [0.1, 0.15) is 40.5 Å². The smallest absolute Gasteiger partial charge is 0.248 e. The molecule has 0 aromatic carbocycles. The maximum Gasteiger partial charge on any atom is 0.248 e. The molecule has 3 rings (SSSR count). The van der Waals surface area contributed by atoms with Crippen molar-refractivity contribution in [2.75, 3.05) is 11.1 Å². The highest BCUT2D eigenvalue weighted by molar-refractivity contribution is 5.67. The zero-order valence-electron chi connectivity index (χ0n) is 15.2. The minimum Gasteiger partial charge on any atom is -0.435 e. The minimum absolute atomic E-state index is 0.0379. The Balaban J connectivity index is 1.78. The summed E-state index contributed by atoms with van der Waals surface area (Å²) in [7, 11) is 0. The lowest BCUT2D eigenvalue weighted by molar-refractivity contribution is 0.170. The van der Waals surface area contributed by atoms with Crippen molar-refractivity contribution < 1.29 is 4.74 Å². The van der Waals surface area contributed by atoms with Gasteiger partial charge in [-0.05, 0) is 52.7 Å². The van der Waals surface area contributed by atoms with Crippen molar-refractivity contribution >= 4 is 11.5 Å². The number of nitrogens with one attached hydrogen (secondary N) is 2. The number of hydrogen-bond acceptors (Lipinski definition) is 7. The van der Waals surface area contributed by atoms with Crippen LogP contribution in [0.3, 0.4) is 0 Å². The van der Waals surface area contributed by atoms with Crippen LogP contribution in [0, 0.1) is 0 Å². The standard InChI is InChI=1S/C18H26N6O/c1-17(2)8-12(9-18(3,4)24-17)23-15-14(19)16(22-11-21-15)25-13-6-5-7-20-10-13/h5-7,10-12,24H,8-9,19H2,1-4H3,(H,21,22,23). The van der Waals surface area contributed by atoms with Gasteiger partial charge in [0.25, 0.3) is 0 Å². The molecular weight excluding hydrogens is 316 g/mol. The second-order valence-electron chi connectivity index (χ2n) is 7.87. The Bertz CT molecular complexity index is 716. The Morgan fingerprint density at radius 2 is 1.92 bits per heavy atom. The van der Waals surface area contributed by atoms with Crippen LogP contribution < -0.4 is 21.1 Å². The number of aromatic nitrogens is 3. The number of nitrogen functional groups attached to an aromatic ring is 1. The first-order chi connectivity index (χ1) is 11.7. The molecule has 0 radical (unpaired) electrons. The Kier molecular flexibility index (Phi) is 4.51. The highest BCUT2D eigenvalue weighted by atomic mass is 16.5. The van der Waals surface area contributed by atoms with Gasteiger partial charge in [0, 0.05) is 23.3 Å². The van der Waals surface area contributed by atoms with E-state index < -0.39 is 0 Å². The molecule has 4 N–H and O–H groups in total. The van der Waals surface area contributed by atoms with Crippen molar-refractivity contribution in [1.82, 2.24) is 20.3 Å². The van der Waals surface area contributed by atoms with Gasteiger partial charge >= 0.3 is 0 Å². The molecule has 2 aromatic rings. The molecule has 1 aliphatic rings. The summed E-state index contributed by atoms with van der Waals surface area (Å²) in [5.41, 5.74) is 6.71. The fourth-order valence-electron chi connectivity index (χ4n) is 3.71. The normalized spacial score (nSPS) is 19.4. The van der Waals surface area contributed by atoms with E-state index in [2.05, 4.69) is 53.3 Å². The molecule has 7 heteroatoms. The van der Waals surface area contributed by atoms with E-state index in [9.17, 15) is 0 Å². The predicted octanol–water partition coefficient (Wildman–Crippen LogP) is 2.97. The van der Waals surface area contributed by atoms with Gasteiger partial charge in [-0.3, -0.25) is 4.98 Å². The molecular formula is C18H26N6O. The SMILES string of the molecule is CC1(C)CC(Nc2ncnc(Oc3cccnc3)c2N)CC(C)(C)N1. The highest BCUT2D eigenvalue weighted by Crippen LogP contribution is 2.33. The van der Waals surface area contributed by atoms with E-state index in [4.69, 9.17) is 10.5 Å². The molecule has 0 saturated carbocycles. The van der Waals surface area contributed by atoms with Crippen LogP contribution in [-0.2, 0) is 0 Å². The molecule has 0 atom stereocenters. The molecule has 0 spiro atoms. The first-order valence-corrected chi connectivity index (χ1v) is 8.48. The van der Waals surface area contributed by atoms with Crippen LogP contribution in [0.4, 0.5) is 11.5 Å². The summed E-state index contributed by atoms with van der Waals surface area (Å²) in [5, 5.41) is 7.15. The molecule has 1 fully saturated rings. The summed E-state index contributed by atoms with van der Waals surface area (Å²) in [4.78, 5) is 12.5. The molecule has 0 bridgehead atoms. The molecule has 1 aliphatic heterocycles. The number of nitrogens with two attached hydrogens (primary N) is 1. The topological polar surface area (TPSA) is 98.0 Å². The van der Waals surface area contributed by atoms with E-state index in [1.807, 2.05) is 0 Å². The summed E-state index contributed by atoms with van der Waals surface area (Å²) in [6.07, 6.45) is 6.70. The fourth-order valence-corrected chi connectivity index (χ4v) is 3.71. The van der Waals surface area contributed by atoms with Crippen LogP contribution in [0.2, 0.25) is 0 Å². The van der Waals surface area contributed by atoms with Crippen LogP contribution >= 0.6 is 0 Å². The van der Waals surface area contributed by atoms with Gasteiger partial charge in [0.2, 0.25) is 5.88 Å². The molecule has 7 nitrogen and oxygen atoms in total. The van der Waals surface area contributed by atoms with Gasteiger partial charge in [-0.25, -0.2) is 4.98 Å². The van der Waals surface area contributed by atoms with Crippen molar-refractivity contribution in [3.63, 3.8) is 0 Å². The molecule has 2 aromatic heterocycles. The van der Waals surface area contributed by atoms with E-state index >= 15 is 0 Å². The molecule has 0 aliphatic carbocycles. The van der Waals surface area contributed by atoms with Crippen molar-refractivity contribution in [1.29, 1.82) is 0 Å². The summed E-state index contributed by atoms with van der Waals surface area (Å²) in [6.45, 7) is 8.84. The fraction of sp³-hybridized carbons (Fsp3) is 0.500.